The number of fused-ring (bicyclic) bond motifs is 2. The second kappa shape index (κ2) is 11.9. The molecule has 48 heavy (non-hydrogen) atoms. The predicted molar refractivity (Wildman–Crippen MR) is 195 cm³/mol. The molecule has 3 aliphatic rings. The van der Waals surface area contributed by atoms with Crippen LogP contribution in [0.4, 0.5) is 0 Å². The van der Waals surface area contributed by atoms with Crippen molar-refractivity contribution in [1.29, 1.82) is 0 Å². The van der Waals surface area contributed by atoms with Gasteiger partial charge >= 0.3 is 0 Å². The van der Waals surface area contributed by atoms with Gasteiger partial charge in [-0.3, -0.25) is 0 Å². The number of hydrogen-bond acceptors (Lipinski definition) is 5. The van der Waals surface area contributed by atoms with Crippen molar-refractivity contribution in [3.05, 3.63) is 129 Å². The highest BCUT2D eigenvalue weighted by molar-refractivity contribution is 6.01. The van der Waals surface area contributed by atoms with Crippen LogP contribution in [0.5, 0.6) is 11.5 Å². The number of aliphatic imine (C=N–C) groups is 2. The molecule has 0 N–H and O–H groups in total. The van der Waals surface area contributed by atoms with Crippen LogP contribution in [0.2, 0.25) is 0 Å². The van der Waals surface area contributed by atoms with Gasteiger partial charge in [0.1, 0.15) is 24.7 Å². The molecule has 0 aromatic heterocycles. The number of hydrogen-bond donors (Lipinski definition) is 0. The van der Waals surface area contributed by atoms with E-state index in [9.17, 15) is 0 Å². The highest BCUT2D eigenvalue weighted by Gasteiger charge is 2.42. The molecule has 4 aromatic rings. The molecule has 0 radical (unpaired) electrons. The number of rotatable bonds is 6. The first kappa shape index (κ1) is 32.2. The zero-order valence-electron chi connectivity index (χ0n) is 29.7. The Labute approximate surface area is 286 Å². The lowest BCUT2D eigenvalue weighted by Gasteiger charge is -2.38. The highest BCUT2D eigenvalue weighted by atomic mass is 16.5. The zero-order chi connectivity index (χ0) is 33.8. The van der Waals surface area contributed by atoms with Gasteiger partial charge in [0.2, 0.25) is 11.8 Å². The third kappa shape index (κ3) is 6.16. The zero-order valence-corrected chi connectivity index (χ0v) is 29.7. The van der Waals surface area contributed by atoms with Crippen LogP contribution in [0.15, 0.2) is 94.9 Å². The van der Waals surface area contributed by atoms with Gasteiger partial charge in [-0.25, -0.2) is 9.98 Å². The summed E-state index contributed by atoms with van der Waals surface area (Å²) in [6.45, 7) is 19.3. The molecule has 0 saturated carbocycles. The monoisotopic (exact) mass is 640 g/mol. The molecule has 0 fully saturated rings. The summed E-state index contributed by atoms with van der Waals surface area (Å²) < 4.78 is 19.9. The maximum absolute atomic E-state index is 7.12. The van der Waals surface area contributed by atoms with Gasteiger partial charge in [-0.2, -0.15) is 0 Å². The first-order chi connectivity index (χ1) is 22.8. The lowest BCUT2D eigenvalue weighted by molar-refractivity contribution is 0.313. The summed E-state index contributed by atoms with van der Waals surface area (Å²) in [5.41, 5.74) is 8.55. The SMILES string of the molecule is CC(C)(C)c1cc(C2=N[C@@H](Cc3ccccc3)CO2)c2c(c1)C(C)(C)c1cc(C(C)(C)C)cc(C3=N[C@@H](Cc4ccccc4)CO3)c1O2. The van der Waals surface area contributed by atoms with Crippen molar-refractivity contribution < 1.29 is 14.2 Å². The Bertz CT molecular complexity index is 1760. The van der Waals surface area contributed by atoms with Crippen molar-refractivity contribution in [3.63, 3.8) is 0 Å². The smallest absolute Gasteiger partial charge is 0.220 e. The van der Waals surface area contributed by atoms with Crippen LogP contribution in [-0.2, 0) is 38.6 Å². The van der Waals surface area contributed by atoms with Crippen LogP contribution in [0, 0.1) is 0 Å². The molecule has 0 saturated heterocycles. The van der Waals surface area contributed by atoms with Gasteiger partial charge < -0.3 is 14.2 Å². The lowest BCUT2D eigenvalue weighted by atomic mass is 9.70. The lowest BCUT2D eigenvalue weighted by Crippen LogP contribution is -2.29. The van der Waals surface area contributed by atoms with Gasteiger partial charge in [-0.1, -0.05) is 128 Å². The Hall–Kier alpha value is -4.38. The molecular formula is C43H48N2O3. The van der Waals surface area contributed by atoms with Gasteiger partial charge in [0.25, 0.3) is 0 Å². The molecule has 0 spiro atoms. The van der Waals surface area contributed by atoms with E-state index < -0.39 is 0 Å². The summed E-state index contributed by atoms with van der Waals surface area (Å²) in [6.07, 6.45) is 1.67. The molecule has 0 bridgehead atoms. The van der Waals surface area contributed by atoms with E-state index in [1.165, 1.54) is 22.3 Å². The van der Waals surface area contributed by atoms with Crippen LogP contribution >= 0.6 is 0 Å². The minimum atomic E-state index is -0.375. The number of ether oxygens (including phenoxy) is 3. The molecule has 5 nitrogen and oxygen atoms in total. The normalized spacial score (nSPS) is 19.8. The van der Waals surface area contributed by atoms with Crippen LogP contribution in [0.1, 0.15) is 99.9 Å². The Kier molecular flexibility index (Phi) is 8.01. The van der Waals surface area contributed by atoms with Gasteiger partial charge in [-0.15, -0.1) is 0 Å². The van der Waals surface area contributed by atoms with E-state index in [1.54, 1.807) is 0 Å². The fourth-order valence-electron chi connectivity index (χ4n) is 6.94. The summed E-state index contributed by atoms with van der Waals surface area (Å²) in [5, 5.41) is 0. The van der Waals surface area contributed by atoms with E-state index in [0.29, 0.717) is 25.0 Å². The Morgan fingerprint density at radius 3 is 1.38 bits per heavy atom. The van der Waals surface area contributed by atoms with Crippen molar-refractivity contribution in [2.45, 2.75) is 96.6 Å². The Balaban J connectivity index is 1.35. The molecular weight excluding hydrogens is 592 g/mol. The minimum Gasteiger partial charge on any atom is -0.475 e. The fourth-order valence-corrected chi connectivity index (χ4v) is 6.94. The van der Waals surface area contributed by atoms with Crippen LogP contribution < -0.4 is 4.74 Å². The van der Waals surface area contributed by atoms with Crippen LogP contribution in [-0.4, -0.2) is 37.1 Å². The van der Waals surface area contributed by atoms with Crippen LogP contribution in [0.25, 0.3) is 0 Å². The molecule has 248 valence electrons. The minimum absolute atomic E-state index is 0.0490. The van der Waals surface area contributed by atoms with Gasteiger partial charge in [0.15, 0.2) is 0 Å². The molecule has 2 atom stereocenters. The molecule has 4 aromatic carbocycles. The third-order valence-electron chi connectivity index (χ3n) is 9.97. The van der Waals surface area contributed by atoms with E-state index in [0.717, 1.165) is 46.6 Å². The van der Waals surface area contributed by atoms with E-state index in [-0.39, 0.29) is 28.3 Å². The molecule has 0 unspecified atom stereocenters. The predicted octanol–water partition coefficient (Wildman–Crippen LogP) is 9.49. The van der Waals surface area contributed by atoms with Crippen molar-refractivity contribution >= 4 is 11.8 Å². The van der Waals surface area contributed by atoms with Crippen LogP contribution in [0.3, 0.4) is 0 Å². The maximum atomic E-state index is 7.12. The summed E-state index contributed by atoms with van der Waals surface area (Å²) in [7, 11) is 0. The number of nitrogens with zero attached hydrogens (tertiary/aromatic N) is 2. The third-order valence-corrected chi connectivity index (χ3v) is 9.97. The van der Waals surface area contributed by atoms with Crippen molar-refractivity contribution in [1.82, 2.24) is 0 Å². The van der Waals surface area contributed by atoms with E-state index in [2.05, 4.69) is 140 Å². The summed E-state index contributed by atoms with van der Waals surface area (Å²) in [6, 6.07) is 30.3. The van der Waals surface area contributed by atoms with Crippen molar-refractivity contribution in [3.8, 4) is 11.5 Å². The second-order valence-electron chi connectivity index (χ2n) is 16.2. The van der Waals surface area contributed by atoms with E-state index >= 15 is 0 Å². The average Bonchev–Trinajstić information content (AvgIpc) is 3.70. The second-order valence-corrected chi connectivity index (χ2v) is 16.2. The van der Waals surface area contributed by atoms with Gasteiger partial charge in [0, 0.05) is 16.5 Å². The Morgan fingerprint density at radius 2 is 1.00 bits per heavy atom. The standard InChI is InChI=1S/C43H48N2O3/c1-41(2,3)29-21-33(39-44-31(25-46-39)19-27-15-11-9-12-16-27)37-35(23-29)43(7,8)36-24-30(42(4,5)6)22-34(38(36)48-37)40-45-32(26-47-40)20-28-17-13-10-14-18-28/h9-18,21-24,31-32H,19-20,25-26H2,1-8H3/t31-,32-/m0/s1. The topological polar surface area (TPSA) is 52.4 Å². The van der Waals surface area contributed by atoms with Gasteiger partial charge in [-0.05, 0) is 58.1 Å². The molecule has 3 aliphatic heterocycles. The molecule has 0 amide bonds. The first-order valence-electron chi connectivity index (χ1n) is 17.3. The Morgan fingerprint density at radius 1 is 0.604 bits per heavy atom. The van der Waals surface area contributed by atoms with Gasteiger partial charge in [0.05, 0.1) is 23.2 Å². The molecule has 0 aliphatic carbocycles. The summed E-state index contributed by atoms with van der Waals surface area (Å²) in [4.78, 5) is 10.3. The van der Waals surface area contributed by atoms with E-state index in [1.807, 2.05) is 0 Å². The molecule has 7 rings (SSSR count). The quantitative estimate of drug-likeness (QED) is 0.211. The molecule has 3 heterocycles. The fraction of sp³-hybridized carbons (Fsp3) is 0.395. The largest absolute Gasteiger partial charge is 0.475 e. The summed E-state index contributed by atoms with van der Waals surface area (Å²) in [5.74, 6) is 2.93. The first-order valence-corrected chi connectivity index (χ1v) is 17.3. The van der Waals surface area contributed by atoms with Crippen molar-refractivity contribution in [2.24, 2.45) is 9.98 Å². The van der Waals surface area contributed by atoms with Crippen molar-refractivity contribution in [2.75, 3.05) is 13.2 Å². The highest BCUT2D eigenvalue weighted by Crippen LogP contribution is 2.53. The van der Waals surface area contributed by atoms with E-state index in [4.69, 9.17) is 24.2 Å². The maximum Gasteiger partial charge on any atom is 0.220 e. The average molecular weight is 641 g/mol. The number of benzene rings is 4. The molecule has 5 heteroatoms. The summed E-state index contributed by atoms with van der Waals surface area (Å²) >= 11 is 0.